The average Bonchev–Trinajstić information content (AvgIpc) is 3.32. The van der Waals surface area contributed by atoms with Crippen molar-refractivity contribution in [3.8, 4) is 11.3 Å². The van der Waals surface area contributed by atoms with E-state index in [-0.39, 0.29) is 12.1 Å². The predicted octanol–water partition coefficient (Wildman–Crippen LogP) is 3.96. The first kappa shape index (κ1) is 17.7. The summed E-state index contributed by atoms with van der Waals surface area (Å²) in [5.74, 6) is 1.70. The Kier molecular flexibility index (Phi) is 5.18. The zero-order chi connectivity index (χ0) is 18.6. The summed E-state index contributed by atoms with van der Waals surface area (Å²) in [7, 11) is 1.69. The second kappa shape index (κ2) is 7.90. The Morgan fingerprint density at radius 1 is 1.11 bits per heavy atom. The maximum absolute atomic E-state index is 6.25. The van der Waals surface area contributed by atoms with Crippen molar-refractivity contribution in [3.63, 3.8) is 0 Å². The van der Waals surface area contributed by atoms with Gasteiger partial charge in [0.25, 0.3) is 0 Å². The van der Waals surface area contributed by atoms with Crippen LogP contribution in [-0.4, -0.2) is 35.3 Å². The second-order valence-corrected chi connectivity index (χ2v) is 6.77. The normalized spacial score (nSPS) is 19.3. The van der Waals surface area contributed by atoms with Gasteiger partial charge in [-0.15, -0.1) is 0 Å². The Morgan fingerprint density at radius 2 is 1.93 bits per heavy atom. The maximum Gasteiger partial charge on any atom is 0.170 e. The minimum Gasteiger partial charge on any atom is -0.459 e. The molecule has 5 nitrogen and oxygen atoms in total. The molecule has 3 heterocycles. The van der Waals surface area contributed by atoms with Crippen LogP contribution >= 0.6 is 12.2 Å². The first-order valence-electron chi connectivity index (χ1n) is 8.90. The van der Waals surface area contributed by atoms with Crippen molar-refractivity contribution in [2.24, 2.45) is 0 Å². The molecule has 0 aliphatic carbocycles. The molecule has 6 heteroatoms. The van der Waals surface area contributed by atoms with Gasteiger partial charge in [-0.2, -0.15) is 0 Å². The number of rotatable bonds is 6. The molecule has 1 aliphatic heterocycles. The molecule has 0 spiro atoms. The van der Waals surface area contributed by atoms with Crippen LogP contribution in [0.25, 0.3) is 11.3 Å². The van der Waals surface area contributed by atoms with Gasteiger partial charge in [0.1, 0.15) is 17.6 Å². The molecule has 1 aromatic carbocycles. The molecule has 0 amide bonds. The molecule has 1 aliphatic rings. The summed E-state index contributed by atoms with van der Waals surface area (Å²) in [6.07, 6.45) is 1.80. The largest absolute Gasteiger partial charge is 0.459 e. The molecule has 4 rings (SSSR count). The van der Waals surface area contributed by atoms with E-state index in [1.165, 1.54) is 0 Å². The SMILES string of the molecule is COCCN1C(=S)N[C@@H](c2ccccn2)[C@@H]1c1ccc(-c2ccccc2)o1. The molecule has 0 bridgehead atoms. The summed E-state index contributed by atoms with van der Waals surface area (Å²) in [4.78, 5) is 6.65. The molecule has 1 saturated heterocycles. The average molecular weight is 379 g/mol. The lowest BCUT2D eigenvalue weighted by atomic mass is 10.0. The van der Waals surface area contributed by atoms with Crippen molar-refractivity contribution in [2.75, 3.05) is 20.3 Å². The molecule has 2 atom stereocenters. The number of nitrogens with zero attached hydrogens (tertiary/aromatic N) is 2. The van der Waals surface area contributed by atoms with Crippen LogP contribution in [0.15, 0.2) is 71.3 Å². The van der Waals surface area contributed by atoms with Gasteiger partial charge in [0.05, 0.1) is 18.3 Å². The maximum atomic E-state index is 6.25. The van der Waals surface area contributed by atoms with Crippen LogP contribution in [0.5, 0.6) is 0 Å². The highest BCUT2D eigenvalue weighted by molar-refractivity contribution is 7.80. The Bertz CT molecular complexity index is 898. The van der Waals surface area contributed by atoms with E-state index < -0.39 is 0 Å². The Labute approximate surface area is 164 Å². The van der Waals surface area contributed by atoms with Gasteiger partial charge in [0.15, 0.2) is 5.11 Å². The highest BCUT2D eigenvalue weighted by Crippen LogP contribution is 2.40. The monoisotopic (exact) mass is 379 g/mol. The lowest BCUT2D eigenvalue weighted by Gasteiger charge is -2.25. The number of hydrogen-bond donors (Lipinski definition) is 1. The summed E-state index contributed by atoms with van der Waals surface area (Å²) in [6, 6.07) is 19.9. The third-order valence-electron chi connectivity index (χ3n) is 4.71. The fourth-order valence-electron chi connectivity index (χ4n) is 3.41. The number of ether oxygens (including phenoxy) is 1. The molecule has 2 aromatic heterocycles. The Morgan fingerprint density at radius 3 is 2.67 bits per heavy atom. The number of aromatic nitrogens is 1. The fourth-order valence-corrected chi connectivity index (χ4v) is 3.75. The zero-order valence-corrected chi connectivity index (χ0v) is 15.9. The molecular weight excluding hydrogens is 358 g/mol. The highest BCUT2D eigenvalue weighted by Gasteiger charge is 2.41. The number of thiocarbonyl (C=S) groups is 1. The van der Waals surface area contributed by atoms with Gasteiger partial charge in [0.2, 0.25) is 0 Å². The molecule has 0 saturated carbocycles. The van der Waals surface area contributed by atoms with E-state index in [9.17, 15) is 0 Å². The Hall–Kier alpha value is -2.70. The first-order valence-corrected chi connectivity index (χ1v) is 9.31. The van der Waals surface area contributed by atoms with Crippen molar-refractivity contribution in [1.82, 2.24) is 15.2 Å². The van der Waals surface area contributed by atoms with Gasteiger partial charge >= 0.3 is 0 Å². The van der Waals surface area contributed by atoms with Gasteiger partial charge in [-0.1, -0.05) is 36.4 Å². The smallest absolute Gasteiger partial charge is 0.170 e. The number of furan rings is 1. The molecule has 0 unspecified atom stereocenters. The van der Waals surface area contributed by atoms with E-state index in [1.807, 2.05) is 60.7 Å². The number of nitrogens with one attached hydrogen (secondary N) is 1. The van der Waals surface area contributed by atoms with Gasteiger partial charge in [-0.25, -0.2) is 0 Å². The van der Waals surface area contributed by atoms with Crippen molar-refractivity contribution < 1.29 is 9.15 Å². The molecule has 3 aromatic rings. The first-order chi connectivity index (χ1) is 13.3. The second-order valence-electron chi connectivity index (χ2n) is 6.38. The van der Waals surface area contributed by atoms with Gasteiger partial charge in [0, 0.05) is 25.4 Å². The standard InChI is InChI=1S/C21H21N3O2S/c1-25-14-13-24-20(19(23-21(24)27)16-9-5-6-12-22-16)18-11-10-17(26-18)15-7-3-2-4-8-15/h2-12,19-20H,13-14H2,1H3,(H,23,27)/t19-,20-/m0/s1. The van der Waals surface area contributed by atoms with E-state index in [2.05, 4.69) is 15.2 Å². The highest BCUT2D eigenvalue weighted by atomic mass is 32.1. The van der Waals surface area contributed by atoms with E-state index in [0.29, 0.717) is 18.3 Å². The lowest BCUT2D eigenvalue weighted by molar-refractivity contribution is 0.158. The molecular formula is C21H21N3O2S. The van der Waals surface area contributed by atoms with Crippen molar-refractivity contribution in [3.05, 3.63) is 78.3 Å². The topological polar surface area (TPSA) is 50.5 Å². The summed E-state index contributed by atoms with van der Waals surface area (Å²) in [6.45, 7) is 1.26. The summed E-state index contributed by atoms with van der Waals surface area (Å²) in [5, 5.41) is 4.09. The minimum absolute atomic E-state index is 0.0784. The predicted molar refractivity (Wildman–Crippen MR) is 108 cm³/mol. The van der Waals surface area contributed by atoms with E-state index in [4.69, 9.17) is 21.4 Å². The minimum atomic E-state index is -0.0833. The summed E-state index contributed by atoms with van der Waals surface area (Å²) in [5.41, 5.74) is 1.98. The van der Waals surface area contributed by atoms with Gasteiger partial charge in [-0.3, -0.25) is 4.98 Å². The van der Waals surface area contributed by atoms with Crippen LogP contribution in [0, 0.1) is 0 Å². The van der Waals surface area contributed by atoms with Crippen LogP contribution in [0.1, 0.15) is 23.5 Å². The number of hydrogen-bond acceptors (Lipinski definition) is 4. The van der Waals surface area contributed by atoms with Crippen LogP contribution in [0.2, 0.25) is 0 Å². The van der Waals surface area contributed by atoms with Gasteiger partial charge < -0.3 is 19.4 Å². The fraction of sp³-hybridized carbons (Fsp3) is 0.238. The zero-order valence-electron chi connectivity index (χ0n) is 15.0. The summed E-state index contributed by atoms with van der Waals surface area (Å²) < 4.78 is 11.5. The molecule has 138 valence electrons. The molecule has 0 radical (unpaired) electrons. The third-order valence-corrected chi connectivity index (χ3v) is 5.06. The molecule has 27 heavy (non-hydrogen) atoms. The van der Waals surface area contributed by atoms with Crippen molar-refractivity contribution >= 4 is 17.3 Å². The van der Waals surface area contributed by atoms with E-state index >= 15 is 0 Å². The summed E-state index contributed by atoms with van der Waals surface area (Å²) >= 11 is 5.60. The number of pyridine rings is 1. The third kappa shape index (κ3) is 3.59. The lowest BCUT2D eigenvalue weighted by Crippen LogP contribution is -2.32. The molecule has 1 fully saturated rings. The van der Waals surface area contributed by atoms with Crippen molar-refractivity contribution in [2.45, 2.75) is 12.1 Å². The van der Waals surface area contributed by atoms with E-state index in [1.54, 1.807) is 13.3 Å². The number of methoxy groups -OCH3 is 1. The van der Waals surface area contributed by atoms with E-state index in [0.717, 1.165) is 22.8 Å². The van der Waals surface area contributed by atoms with Gasteiger partial charge in [-0.05, 0) is 36.5 Å². The Balaban J connectivity index is 1.70. The van der Waals surface area contributed by atoms with Crippen LogP contribution < -0.4 is 5.32 Å². The van der Waals surface area contributed by atoms with Crippen LogP contribution in [0.3, 0.4) is 0 Å². The molecule has 1 N–H and O–H groups in total. The van der Waals surface area contributed by atoms with Crippen molar-refractivity contribution in [1.29, 1.82) is 0 Å². The quantitative estimate of drug-likeness (QED) is 0.654. The van der Waals surface area contributed by atoms with Crippen LogP contribution in [0.4, 0.5) is 0 Å². The van der Waals surface area contributed by atoms with Crippen LogP contribution in [-0.2, 0) is 4.74 Å². The number of benzene rings is 1.